The molecular formula is C15H19N3OS. The molecule has 1 aromatic carbocycles. The molecule has 1 atom stereocenters. The summed E-state index contributed by atoms with van der Waals surface area (Å²) < 4.78 is 0. The monoisotopic (exact) mass is 289 g/mol. The number of nitrogens with zero attached hydrogens (tertiary/aromatic N) is 2. The molecule has 0 aliphatic rings. The summed E-state index contributed by atoms with van der Waals surface area (Å²) in [4.78, 5) is 11.7. The Morgan fingerprint density at radius 1 is 1.25 bits per heavy atom. The maximum atomic E-state index is 11.7. The van der Waals surface area contributed by atoms with Crippen LogP contribution in [0.15, 0.2) is 30.3 Å². The van der Waals surface area contributed by atoms with Crippen molar-refractivity contribution in [1.82, 2.24) is 10.2 Å². The van der Waals surface area contributed by atoms with Gasteiger partial charge in [0.25, 0.3) is 0 Å². The van der Waals surface area contributed by atoms with E-state index in [1.807, 2.05) is 32.0 Å². The molecule has 106 valence electrons. The van der Waals surface area contributed by atoms with Gasteiger partial charge in [-0.3, -0.25) is 4.79 Å². The number of hydrogen-bond donors (Lipinski definition) is 1. The second-order valence-corrected chi connectivity index (χ2v) is 5.97. The third kappa shape index (κ3) is 3.42. The molecule has 1 unspecified atom stereocenters. The first-order chi connectivity index (χ1) is 9.61. The second kappa shape index (κ2) is 6.61. The van der Waals surface area contributed by atoms with E-state index in [9.17, 15) is 4.79 Å². The summed E-state index contributed by atoms with van der Waals surface area (Å²) in [5.74, 6) is 0.150. The summed E-state index contributed by atoms with van der Waals surface area (Å²) in [5.41, 5.74) is 1.23. The quantitative estimate of drug-likeness (QED) is 0.913. The van der Waals surface area contributed by atoms with E-state index in [0.29, 0.717) is 5.13 Å². The Bertz CT molecular complexity index is 566. The largest absolute Gasteiger partial charge is 0.300 e. The van der Waals surface area contributed by atoms with Gasteiger partial charge in [-0.25, -0.2) is 0 Å². The summed E-state index contributed by atoms with van der Waals surface area (Å²) in [6.07, 6.45) is 0.955. The molecule has 1 heterocycles. The minimum atomic E-state index is -0.0570. The van der Waals surface area contributed by atoms with Crippen LogP contribution in [0.25, 0.3) is 0 Å². The van der Waals surface area contributed by atoms with E-state index >= 15 is 0 Å². The fraction of sp³-hybridized carbons (Fsp3) is 0.400. The number of carbonyl (C=O) groups is 1. The number of carbonyl (C=O) groups excluding carboxylic acids is 1. The molecular weight excluding hydrogens is 270 g/mol. The lowest BCUT2D eigenvalue weighted by atomic mass is 9.97. The van der Waals surface area contributed by atoms with Gasteiger partial charge in [-0.2, -0.15) is 0 Å². The molecule has 5 heteroatoms. The molecule has 0 radical (unpaired) electrons. The van der Waals surface area contributed by atoms with Gasteiger partial charge >= 0.3 is 0 Å². The van der Waals surface area contributed by atoms with Crippen LogP contribution in [0.2, 0.25) is 0 Å². The van der Waals surface area contributed by atoms with Crippen LogP contribution in [0.1, 0.15) is 43.7 Å². The Balaban J connectivity index is 2.16. The molecule has 1 N–H and O–H groups in total. The van der Waals surface area contributed by atoms with Crippen molar-refractivity contribution in [3.05, 3.63) is 40.9 Å². The van der Waals surface area contributed by atoms with E-state index in [4.69, 9.17) is 0 Å². The predicted molar refractivity (Wildman–Crippen MR) is 82.0 cm³/mol. The third-order valence-electron chi connectivity index (χ3n) is 3.10. The number of aromatic nitrogens is 2. The van der Waals surface area contributed by atoms with Crippen molar-refractivity contribution in [2.24, 2.45) is 5.92 Å². The number of amides is 1. The van der Waals surface area contributed by atoms with Gasteiger partial charge in [0.1, 0.15) is 5.01 Å². The summed E-state index contributed by atoms with van der Waals surface area (Å²) in [6, 6.07) is 10.3. The van der Waals surface area contributed by atoms with Crippen molar-refractivity contribution in [3.8, 4) is 0 Å². The average Bonchev–Trinajstić information content (AvgIpc) is 2.89. The molecule has 1 aromatic heterocycles. The first-order valence-electron chi connectivity index (χ1n) is 6.81. The summed E-state index contributed by atoms with van der Waals surface area (Å²) >= 11 is 1.45. The van der Waals surface area contributed by atoms with Crippen molar-refractivity contribution in [2.75, 3.05) is 5.32 Å². The Kier molecular flexibility index (Phi) is 4.84. The van der Waals surface area contributed by atoms with Crippen molar-refractivity contribution < 1.29 is 4.79 Å². The summed E-state index contributed by atoms with van der Waals surface area (Å²) in [6.45, 7) is 5.84. The minimum absolute atomic E-state index is 0.0274. The fourth-order valence-corrected chi connectivity index (χ4v) is 2.87. The molecule has 0 saturated carbocycles. The molecule has 0 spiro atoms. The van der Waals surface area contributed by atoms with Gasteiger partial charge < -0.3 is 5.32 Å². The molecule has 0 aliphatic heterocycles. The van der Waals surface area contributed by atoms with Crippen LogP contribution in [0, 0.1) is 5.92 Å². The van der Waals surface area contributed by atoms with Gasteiger partial charge in [-0.05, 0) is 12.0 Å². The zero-order valence-corrected chi connectivity index (χ0v) is 12.8. The highest BCUT2D eigenvalue weighted by molar-refractivity contribution is 7.15. The topological polar surface area (TPSA) is 54.9 Å². The molecule has 4 nitrogen and oxygen atoms in total. The number of nitrogens with one attached hydrogen (secondary N) is 1. The Morgan fingerprint density at radius 2 is 1.95 bits per heavy atom. The van der Waals surface area contributed by atoms with Crippen LogP contribution in [-0.2, 0) is 4.79 Å². The molecule has 0 aliphatic carbocycles. The van der Waals surface area contributed by atoms with Gasteiger partial charge in [0, 0.05) is 11.8 Å². The summed E-state index contributed by atoms with van der Waals surface area (Å²) in [5, 5.41) is 12.6. The lowest BCUT2D eigenvalue weighted by Crippen LogP contribution is -2.17. The highest BCUT2D eigenvalue weighted by atomic mass is 32.1. The number of hydrogen-bond acceptors (Lipinski definition) is 4. The lowest BCUT2D eigenvalue weighted by Gasteiger charge is -2.11. The molecule has 20 heavy (non-hydrogen) atoms. The second-order valence-electron chi connectivity index (χ2n) is 4.96. The molecule has 0 bridgehead atoms. The molecule has 2 aromatic rings. The predicted octanol–water partition coefficient (Wildman–Crippen LogP) is 3.67. The maximum absolute atomic E-state index is 11.7. The van der Waals surface area contributed by atoms with E-state index in [-0.39, 0.29) is 17.7 Å². The third-order valence-corrected chi connectivity index (χ3v) is 4.06. The van der Waals surface area contributed by atoms with Crippen LogP contribution in [-0.4, -0.2) is 16.1 Å². The first kappa shape index (κ1) is 14.7. The molecule has 0 saturated heterocycles. The zero-order chi connectivity index (χ0) is 14.5. The average molecular weight is 289 g/mol. The first-order valence-corrected chi connectivity index (χ1v) is 7.62. The highest BCUT2D eigenvalue weighted by Crippen LogP contribution is 2.31. The molecule has 2 rings (SSSR count). The summed E-state index contributed by atoms with van der Waals surface area (Å²) in [7, 11) is 0. The minimum Gasteiger partial charge on any atom is -0.300 e. The van der Waals surface area contributed by atoms with Crippen molar-refractivity contribution in [1.29, 1.82) is 0 Å². The number of benzene rings is 1. The standard InChI is InChI=1S/C15H19N3OS/c1-4-12(11-8-6-5-7-9-11)14-17-18-15(20-14)16-13(19)10(2)3/h5-10,12H,4H2,1-3H3,(H,16,18,19). The van der Waals surface area contributed by atoms with Crippen molar-refractivity contribution in [2.45, 2.75) is 33.1 Å². The van der Waals surface area contributed by atoms with Crippen molar-refractivity contribution in [3.63, 3.8) is 0 Å². The highest BCUT2D eigenvalue weighted by Gasteiger charge is 2.18. The zero-order valence-electron chi connectivity index (χ0n) is 12.0. The van der Waals surface area contributed by atoms with Crippen molar-refractivity contribution >= 4 is 22.4 Å². The van der Waals surface area contributed by atoms with Crippen LogP contribution < -0.4 is 5.32 Å². The Hall–Kier alpha value is -1.75. The smallest absolute Gasteiger partial charge is 0.228 e. The van der Waals surface area contributed by atoms with Crippen LogP contribution in [0.4, 0.5) is 5.13 Å². The van der Waals surface area contributed by atoms with Crippen LogP contribution in [0.5, 0.6) is 0 Å². The van der Waals surface area contributed by atoms with Crippen LogP contribution >= 0.6 is 11.3 Å². The van der Waals surface area contributed by atoms with Gasteiger partial charge in [0.2, 0.25) is 11.0 Å². The van der Waals surface area contributed by atoms with Gasteiger partial charge in [0.05, 0.1) is 0 Å². The SMILES string of the molecule is CCC(c1ccccc1)c1nnc(NC(=O)C(C)C)s1. The van der Waals surface area contributed by atoms with Gasteiger partial charge in [-0.15, -0.1) is 10.2 Å². The lowest BCUT2D eigenvalue weighted by molar-refractivity contribution is -0.118. The Morgan fingerprint density at radius 3 is 2.55 bits per heavy atom. The van der Waals surface area contributed by atoms with E-state index in [1.165, 1.54) is 16.9 Å². The normalized spacial score (nSPS) is 12.4. The van der Waals surface area contributed by atoms with Gasteiger partial charge in [-0.1, -0.05) is 62.4 Å². The maximum Gasteiger partial charge on any atom is 0.228 e. The molecule has 1 amide bonds. The van der Waals surface area contributed by atoms with Gasteiger partial charge in [0.15, 0.2) is 0 Å². The Labute approximate surface area is 123 Å². The molecule has 0 fully saturated rings. The fourth-order valence-electron chi connectivity index (χ4n) is 1.91. The van der Waals surface area contributed by atoms with E-state index < -0.39 is 0 Å². The number of anilines is 1. The van der Waals surface area contributed by atoms with E-state index in [1.54, 1.807) is 0 Å². The van der Waals surface area contributed by atoms with Crippen LogP contribution in [0.3, 0.4) is 0 Å². The van der Waals surface area contributed by atoms with E-state index in [2.05, 4.69) is 34.6 Å². The number of rotatable bonds is 5. The van der Waals surface area contributed by atoms with E-state index in [0.717, 1.165) is 11.4 Å².